The Bertz CT molecular complexity index is 362. The second-order valence-electron chi connectivity index (χ2n) is 6.00. The van der Waals surface area contributed by atoms with Crippen molar-refractivity contribution >= 4 is 11.8 Å². The summed E-state index contributed by atoms with van der Waals surface area (Å²) in [6.07, 6.45) is 10.6. The van der Waals surface area contributed by atoms with Crippen LogP contribution in [0.3, 0.4) is 0 Å². The molecule has 21 heavy (non-hydrogen) atoms. The van der Waals surface area contributed by atoms with Crippen LogP contribution in [0.2, 0.25) is 0 Å². The average molecular weight is 296 g/mol. The molecule has 0 saturated heterocycles. The number of allylic oxidation sites excluding steroid dienone is 2. The molecule has 0 bridgehead atoms. The first kappa shape index (κ1) is 17.9. The van der Waals surface area contributed by atoms with Crippen LogP contribution in [0.4, 0.5) is 0 Å². The summed E-state index contributed by atoms with van der Waals surface area (Å²) in [5, 5.41) is 18.6. The summed E-state index contributed by atoms with van der Waals surface area (Å²) in [5.74, 6) is -0.0179. The first-order chi connectivity index (χ1) is 10.0. The van der Waals surface area contributed by atoms with Crippen molar-refractivity contribution in [3.05, 3.63) is 12.2 Å². The molecule has 4 nitrogen and oxygen atoms in total. The minimum atomic E-state index is -0.730. The van der Waals surface area contributed by atoms with E-state index in [-0.39, 0.29) is 24.2 Å². The number of aliphatic hydroxyl groups is 1. The molecule has 1 rings (SSSR count). The van der Waals surface area contributed by atoms with Gasteiger partial charge in [-0.3, -0.25) is 9.59 Å². The number of carbonyl (C=O) groups excluding carboxylic acids is 1. The van der Waals surface area contributed by atoms with Crippen LogP contribution >= 0.6 is 0 Å². The van der Waals surface area contributed by atoms with Gasteiger partial charge in [0.15, 0.2) is 5.78 Å². The van der Waals surface area contributed by atoms with Gasteiger partial charge in [0.2, 0.25) is 0 Å². The number of aliphatic hydroxyl groups excluding tert-OH is 1. The molecular weight excluding hydrogens is 268 g/mol. The predicted molar refractivity (Wildman–Crippen MR) is 82.0 cm³/mol. The highest BCUT2D eigenvalue weighted by molar-refractivity contribution is 5.89. The van der Waals surface area contributed by atoms with Crippen LogP contribution in [0, 0.1) is 11.8 Å². The summed E-state index contributed by atoms with van der Waals surface area (Å²) in [6, 6.07) is 0. The number of hydrogen-bond acceptors (Lipinski definition) is 3. The molecule has 0 amide bonds. The molecular formula is C17H28O4. The Morgan fingerprint density at radius 2 is 1.86 bits per heavy atom. The molecule has 0 aliphatic heterocycles. The molecule has 1 fully saturated rings. The lowest BCUT2D eigenvalue weighted by Gasteiger charge is -2.19. The van der Waals surface area contributed by atoms with Crippen LogP contribution < -0.4 is 0 Å². The molecule has 3 atom stereocenters. The molecule has 1 saturated carbocycles. The predicted octanol–water partition coefficient (Wildman–Crippen LogP) is 3.33. The third-order valence-electron chi connectivity index (χ3n) is 4.40. The van der Waals surface area contributed by atoms with Crippen LogP contribution in [0.5, 0.6) is 0 Å². The summed E-state index contributed by atoms with van der Waals surface area (Å²) in [7, 11) is 0. The first-order valence-corrected chi connectivity index (χ1v) is 8.15. The zero-order chi connectivity index (χ0) is 15.7. The van der Waals surface area contributed by atoms with Crippen molar-refractivity contribution in [2.24, 2.45) is 11.8 Å². The molecule has 2 N–H and O–H groups in total. The van der Waals surface area contributed by atoms with Crippen molar-refractivity contribution in [1.29, 1.82) is 0 Å². The van der Waals surface area contributed by atoms with Gasteiger partial charge in [0.25, 0.3) is 0 Å². The Hall–Kier alpha value is -1.16. The van der Waals surface area contributed by atoms with Gasteiger partial charge < -0.3 is 10.2 Å². The Labute approximate surface area is 127 Å². The number of aliphatic carboxylic acids is 1. The third-order valence-corrected chi connectivity index (χ3v) is 4.40. The van der Waals surface area contributed by atoms with E-state index in [0.717, 1.165) is 44.9 Å². The summed E-state index contributed by atoms with van der Waals surface area (Å²) >= 11 is 0. The van der Waals surface area contributed by atoms with Crippen LogP contribution in [0.15, 0.2) is 12.2 Å². The van der Waals surface area contributed by atoms with Gasteiger partial charge in [-0.2, -0.15) is 0 Å². The Morgan fingerprint density at radius 1 is 1.14 bits per heavy atom. The lowest BCUT2D eigenvalue weighted by Crippen LogP contribution is -2.18. The largest absolute Gasteiger partial charge is 0.481 e. The van der Waals surface area contributed by atoms with E-state index in [1.165, 1.54) is 0 Å². The SMILES string of the molecule is CCC(=O)C=CC1CCC(O)C1CCCCCCC(=O)O. The van der Waals surface area contributed by atoms with E-state index in [9.17, 15) is 14.7 Å². The van der Waals surface area contributed by atoms with Gasteiger partial charge in [-0.25, -0.2) is 0 Å². The molecule has 4 heteroatoms. The average Bonchev–Trinajstić information content (AvgIpc) is 2.80. The molecule has 120 valence electrons. The van der Waals surface area contributed by atoms with E-state index in [0.29, 0.717) is 12.3 Å². The summed E-state index contributed by atoms with van der Waals surface area (Å²) < 4.78 is 0. The Balaban J connectivity index is 2.28. The maximum atomic E-state index is 11.3. The molecule has 0 spiro atoms. The molecule has 1 aliphatic carbocycles. The van der Waals surface area contributed by atoms with E-state index < -0.39 is 5.97 Å². The lowest BCUT2D eigenvalue weighted by atomic mass is 9.88. The molecule has 1 aliphatic rings. The number of ketones is 1. The van der Waals surface area contributed by atoms with Crippen LogP contribution in [-0.2, 0) is 9.59 Å². The van der Waals surface area contributed by atoms with Crippen molar-refractivity contribution in [1.82, 2.24) is 0 Å². The number of carboxylic acids is 1. The van der Waals surface area contributed by atoms with Crippen molar-refractivity contribution in [2.75, 3.05) is 0 Å². The number of carbonyl (C=O) groups is 2. The van der Waals surface area contributed by atoms with Crippen molar-refractivity contribution in [3.8, 4) is 0 Å². The van der Waals surface area contributed by atoms with Crippen LogP contribution in [0.1, 0.15) is 64.7 Å². The summed E-state index contributed by atoms with van der Waals surface area (Å²) in [6.45, 7) is 1.85. The quantitative estimate of drug-likeness (QED) is 0.479. The van der Waals surface area contributed by atoms with Crippen molar-refractivity contribution in [3.63, 3.8) is 0 Å². The van der Waals surface area contributed by atoms with Crippen LogP contribution in [0.25, 0.3) is 0 Å². The van der Waals surface area contributed by atoms with Gasteiger partial charge in [0.05, 0.1) is 6.10 Å². The second-order valence-corrected chi connectivity index (χ2v) is 6.00. The molecule has 3 unspecified atom stereocenters. The zero-order valence-corrected chi connectivity index (χ0v) is 13.0. The van der Waals surface area contributed by atoms with E-state index in [1.807, 2.05) is 13.0 Å². The highest BCUT2D eigenvalue weighted by Crippen LogP contribution is 2.36. The molecule has 0 aromatic carbocycles. The number of carboxylic acid groups (broad SMARTS) is 1. The van der Waals surface area contributed by atoms with E-state index in [1.54, 1.807) is 6.08 Å². The van der Waals surface area contributed by atoms with Crippen LogP contribution in [-0.4, -0.2) is 28.1 Å². The van der Waals surface area contributed by atoms with E-state index in [4.69, 9.17) is 5.11 Å². The highest BCUT2D eigenvalue weighted by atomic mass is 16.4. The summed E-state index contributed by atoms with van der Waals surface area (Å²) in [5.41, 5.74) is 0. The van der Waals surface area contributed by atoms with Gasteiger partial charge >= 0.3 is 5.97 Å². The Kier molecular flexibility index (Phi) is 8.28. The number of unbranched alkanes of at least 4 members (excludes halogenated alkanes) is 3. The fourth-order valence-electron chi connectivity index (χ4n) is 3.08. The molecule has 0 heterocycles. The molecule has 0 aromatic heterocycles. The monoisotopic (exact) mass is 296 g/mol. The van der Waals surface area contributed by atoms with Gasteiger partial charge in [-0.1, -0.05) is 32.3 Å². The standard InChI is InChI=1S/C17H28O4/c1-2-14(18)11-9-13-10-12-16(19)15(13)7-5-3-4-6-8-17(20)21/h9,11,13,15-16,19H,2-8,10,12H2,1H3,(H,20,21). The maximum absolute atomic E-state index is 11.3. The smallest absolute Gasteiger partial charge is 0.303 e. The van der Waals surface area contributed by atoms with Gasteiger partial charge in [-0.15, -0.1) is 0 Å². The normalized spacial score (nSPS) is 25.5. The summed E-state index contributed by atoms with van der Waals surface area (Å²) in [4.78, 5) is 21.8. The highest BCUT2D eigenvalue weighted by Gasteiger charge is 2.32. The first-order valence-electron chi connectivity index (χ1n) is 8.15. The minimum Gasteiger partial charge on any atom is -0.481 e. The third kappa shape index (κ3) is 6.89. The van der Waals surface area contributed by atoms with Crippen molar-refractivity contribution in [2.45, 2.75) is 70.8 Å². The molecule has 0 aromatic rings. The van der Waals surface area contributed by atoms with Gasteiger partial charge in [0.1, 0.15) is 0 Å². The fourth-order valence-corrected chi connectivity index (χ4v) is 3.08. The fraction of sp³-hybridized carbons (Fsp3) is 0.765. The Morgan fingerprint density at radius 3 is 2.52 bits per heavy atom. The van der Waals surface area contributed by atoms with E-state index in [2.05, 4.69) is 0 Å². The maximum Gasteiger partial charge on any atom is 0.303 e. The topological polar surface area (TPSA) is 74.6 Å². The van der Waals surface area contributed by atoms with Crippen molar-refractivity contribution < 1.29 is 19.8 Å². The lowest BCUT2D eigenvalue weighted by molar-refractivity contribution is -0.137. The van der Waals surface area contributed by atoms with E-state index >= 15 is 0 Å². The number of rotatable bonds is 10. The minimum absolute atomic E-state index is 0.142. The molecule has 0 radical (unpaired) electrons. The van der Waals surface area contributed by atoms with Gasteiger partial charge in [0, 0.05) is 12.8 Å². The van der Waals surface area contributed by atoms with Gasteiger partial charge in [-0.05, 0) is 43.6 Å². The number of hydrogen-bond donors (Lipinski definition) is 2. The zero-order valence-electron chi connectivity index (χ0n) is 13.0. The second kappa shape index (κ2) is 9.72.